The SMILES string of the molecule is Cn1nnc2c1CC(C(=O)N1CCCS(=O)(=NC(=O)c3cnc(C4CC4)o3)CC1)CC2. The molecular formula is C20H26N6O4S. The van der Waals surface area contributed by atoms with Crippen LogP contribution in [0.1, 0.15) is 59.4 Å². The molecule has 3 aliphatic rings. The lowest BCUT2D eigenvalue weighted by molar-refractivity contribution is -0.135. The summed E-state index contributed by atoms with van der Waals surface area (Å²) in [5.41, 5.74) is 1.99. The maximum absolute atomic E-state index is 13.3. The van der Waals surface area contributed by atoms with Gasteiger partial charge in [0.05, 0.1) is 27.3 Å². The molecule has 2 atom stereocenters. The third-order valence-corrected chi connectivity index (χ3v) is 8.58. The number of aromatic nitrogens is 4. The first-order valence-corrected chi connectivity index (χ1v) is 12.7. The van der Waals surface area contributed by atoms with Crippen LogP contribution in [0.15, 0.2) is 15.0 Å². The third-order valence-electron chi connectivity index (χ3n) is 6.34. The van der Waals surface area contributed by atoms with E-state index in [1.807, 2.05) is 7.05 Å². The highest BCUT2D eigenvalue weighted by atomic mass is 32.2. The monoisotopic (exact) mass is 446 g/mol. The minimum Gasteiger partial charge on any atom is -0.435 e. The zero-order valence-electron chi connectivity index (χ0n) is 17.5. The van der Waals surface area contributed by atoms with Crippen molar-refractivity contribution in [3.8, 4) is 0 Å². The molecule has 1 aliphatic heterocycles. The van der Waals surface area contributed by atoms with Crippen LogP contribution in [0.2, 0.25) is 0 Å². The van der Waals surface area contributed by atoms with Gasteiger partial charge in [0.1, 0.15) is 0 Å². The van der Waals surface area contributed by atoms with E-state index in [0.717, 1.165) is 37.1 Å². The summed E-state index contributed by atoms with van der Waals surface area (Å²) in [4.78, 5) is 31.6. The molecule has 11 heteroatoms. The summed E-state index contributed by atoms with van der Waals surface area (Å²) in [7, 11) is -0.896. The molecule has 2 aromatic heterocycles. The summed E-state index contributed by atoms with van der Waals surface area (Å²) in [5.74, 6) is 0.734. The van der Waals surface area contributed by atoms with Gasteiger partial charge in [-0.1, -0.05) is 5.21 Å². The molecule has 1 saturated heterocycles. The average molecular weight is 447 g/mol. The van der Waals surface area contributed by atoms with Gasteiger partial charge in [0.2, 0.25) is 11.7 Å². The fraction of sp³-hybridized carbons (Fsp3) is 0.650. The number of carbonyl (C=O) groups is 2. The van der Waals surface area contributed by atoms with Gasteiger partial charge < -0.3 is 9.32 Å². The maximum atomic E-state index is 13.3. The highest BCUT2D eigenvalue weighted by molar-refractivity contribution is 7.93. The van der Waals surface area contributed by atoms with Crippen LogP contribution in [0.3, 0.4) is 0 Å². The second-order valence-corrected chi connectivity index (χ2v) is 11.2. The molecule has 0 bridgehead atoms. The highest BCUT2D eigenvalue weighted by Crippen LogP contribution is 2.39. The van der Waals surface area contributed by atoms with E-state index in [2.05, 4.69) is 19.7 Å². The third kappa shape index (κ3) is 4.15. The van der Waals surface area contributed by atoms with Gasteiger partial charge in [-0.05, 0) is 32.1 Å². The van der Waals surface area contributed by atoms with E-state index in [9.17, 15) is 13.8 Å². The Morgan fingerprint density at radius 2 is 2.06 bits per heavy atom. The van der Waals surface area contributed by atoms with Gasteiger partial charge in [0, 0.05) is 49.9 Å². The van der Waals surface area contributed by atoms with Gasteiger partial charge in [-0.25, -0.2) is 9.19 Å². The minimum absolute atomic E-state index is 0.0459. The molecule has 0 aromatic carbocycles. The number of fused-ring (bicyclic) bond motifs is 1. The topological polar surface area (TPSA) is 124 Å². The molecule has 2 fully saturated rings. The van der Waals surface area contributed by atoms with E-state index in [1.54, 1.807) is 9.58 Å². The normalized spacial score (nSPS) is 26.2. The quantitative estimate of drug-likeness (QED) is 0.696. The summed E-state index contributed by atoms with van der Waals surface area (Å²) in [6.07, 6.45) is 6.08. The van der Waals surface area contributed by atoms with Crippen molar-refractivity contribution in [1.82, 2.24) is 24.9 Å². The van der Waals surface area contributed by atoms with E-state index in [0.29, 0.717) is 43.5 Å². The van der Waals surface area contributed by atoms with Gasteiger partial charge in [-0.15, -0.1) is 5.10 Å². The lowest BCUT2D eigenvalue weighted by Crippen LogP contribution is -2.40. The molecule has 3 heterocycles. The number of carbonyl (C=O) groups excluding carboxylic acids is 2. The molecule has 2 aliphatic carbocycles. The van der Waals surface area contributed by atoms with E-state index in [4.69, 9.17) is 4.42 Å². The van der Waals surface area contributed by atoms with Crippen molar-refractivity contribution in [2.45, 2.75) is 44.4 Å². The van der Waals surface area contributed by atoms with Crippen molar-refractivity contribution >= 4 is 21.5 Å². The molecule has 31 heavy (non-hydrogen) atoms. The zero-order valence-corrected chi connectivity index (χ0v) is 18.3. The largest absolute Gasteiger partial charge is 0.435 e. The van der Waals surface area contributed by atoms with Crippen LogP contribution in [0, 0.1) is 5.92 Å². The van der Waals surface area contributed by atoms with Crippen molar-refractivity contribution < 1.29 is 18.2 Å². The first-order valence-electron chi connectivity index (χ1n) is 10.8. The van der Waals surface area contributed by atoms with Crippen LogP contribution in [0.4, 0.5) is 0 Å². The Balaban J connectivity index is 1.25. The fourth-order valence-corrected chi connectivity index (χ4v) is 6.20. The second kappa shape index (κ2) is 7.85. The van der Waals surface area contributed by atoms with Gasteiger partial charge >= 0.3 is 5.91 Å². The predicted octanol–water partition coefficient (Wildman–Crippen LogP) is 1.33. The Bertz CT molecular complexity index is 1140. The summed E-state index contributed by atoms with van der Waals surface area (Å²) in [5, 5.41) is 8.21. The molecular weight excluding hydrogens is 420 g/mol. The average Bonchev–Trinajstić information content (AvgIpc) is 3.42. The Morgan fingerprint density at radius 1 is 1.23 bits per heavy atom. The van der Waals surface area contributed by atoms with E-state index in [1.165, 1.54) is 6.20 Å². The molecule has 0 spiro atoms. The number of amides is 2. The summed E-state index contributed by atoms with van der Waals surface area (Å²) in [6, 6.07) is 0. The molecule has 5 rings (SSSR count). The highest BCUT2D eigenvalue weighted by Gasteiger charge is 2.33. The maximum Gasteiger partial charge on any atom is 0.322 e. The van der Waals surface area contributed by atoms with Crippen LogP contribution >= 0.6 is 0 Å². The summed E-state index contributed by atoms with van der Waals surface area (Å²) < 4.78 is 24.5. The Morgan fingerprint density at radius 3 is 2.87 bits per heavy atom. The Kier molecular flexibility index (Phi) is 5.15. The lowest BCUT2D eigenvalue weighted by Gasteiger charge is -2.28. The summed E-state index contributed by atoms with van der Waals surface area (Å²) >= 11 is 0. The Hall–Kier alpha value is -2.56. The lowest BCUT2D eigenvalue weighted by atomic mass is 9.88. The second-order valence-electron chi connectivity index (χ2n) is 8.64. The smallest absolute Gasteiger partial charge is 0.322 e. The van der Waals surface area contributed by atoms with Gasteiger partial charge in [-0.2, -0.15) is 4.36 Å². The van der Waals surface area contributed by atoms with Crippen molar-refractivity contribution in [1.29, 1.82) is 0 Å². The predicted molar refractivity (Wildman–Crippen MR) is 111 cm³/mol. The molecule has 2 aromatic rings. The molecule has 2 unspecified atom stereocenters. The van der Waals surface area contributed by atoms with Crippen molar-refractivity contribution in [3.05, 3.63) is 29.2 Å². The number of oxazole rings is 1. The Labute approximate surface area is 180 Å². The van der Waals surface area contributed by atoms with Crippen molar-refractivity contribution in [2.75, 3.05) is 24.6 Å². The first-order chi connectivity index (χ1) is 14.9. The van der Waals surface area contributed by atoms with Crippen molar-refractivity contribution in [2.24, 2.45) is 17.3 Å². The first kappa shape index (κ1) is 20.3. The van der Waals surface area contributed by atoms with E-state index >= 15 is 0 Å². The minimum atomic E-state index is -2.74. The van der Waals surface area contributed by atoms with Crippen LogP contribution in [-0.2, 0) is 34.4 Å². The van der Waals surface area contributed by atoms with E-state index in [-0.39, 0.29) is 23.3 Å². The van der Waals surface area contributed by atoms with E-state index < -0.39 is 15.6 Å². The number of hydrogen-bond donors (Lipinski definition) is 0. The van der Waals surface area contributed by atoms with Crippen LogP contribution in [0.5, 0.6) is 0 Å². The number of hydrogen-bond acceptors (Lipinski definition) is 7. The van der Waals surface area contributed by atoms with Gasteiger partial charge in [0.15, 0.2) is 5.89 Å². The molecule has 2 amide bonds. The van der Waals surface area contributed by atoms with Crippen molar-refractivity contribution in [3.63, 3.8) is 0 Å². The number of rotatable bonds is 3. The molecule has 10 nitrogen and oxygen atoms in total. The summed E-state index contributed by atoms with van der Waals surface area (Å²) in [6.45, 7) is 0.867. The zero-order chi connectivity index (χ0) is 21.6. The number of aryl methyl sites for hydroxylation is 2. The van der Waals surface area contributed by atoms with Crippen LogP contribution in [0.25, 0.3) is 0 Å². The standard InChI is InChI=1S/C20H26N6O4S/c1-25-16-11-14(5-6-15(16)22-24-25)20(28)26-7-2-9-31(29,10-8-26)23-18(27)17-12-21-19(30-17)13-3-4-13/h12-14H,2-11H2,1H3. The fourth-order valence-electron chi connectivity index (χ4n) is 4.34. The molecule has 0 radical (unpaired) electrons. The van der Waals surface area contributed by atoms with Gasteiger partial charge in [-0.3, -0.25) is 14.3 Å². The van der Waals surface area contributed by atoms with Crippen LogP contribution in [-0.4, -0.2) is 65.5 Å². The molecule has 166 valence electrons. The molecule has 1 saturated carbocycles. The number of nitrogens with zero attached hydrogens (tertiary/aromatic N) is 6. The molecule has 0 N–H and O–H groups in total. The van der Waals surface area contributed by atoms with Crippen LogP contribution < -0.4 is 0 Å². The van der Waals surface area contributed by atoms with Gasteiger partial charge in [0.25, 0.3) is 0 Å².